The molecule has 4 heteroatoms. The zero-order valence-electron chi connectivity index (χ0n) is 11.6. The van der Waals surface area contributed by atoms with Gasteiger partial charge in [-0.2, -0.15) is 5.06 Å². The first kappa shape index (κ1) is 14.5. The predicted octanol–water partition coefficient (Wildman–Crippen LogP) is 3.29. The number of carbonyl (C=O) groups is 1. The van der Waals surface area contributed by atoms with Gasteiger partial charge in [-0.1, -0.05) is 25.1 Å². The Kier molecular flexibility index (Phi) is 5.65. The van der Waals surface area contributed by atoms with Gasteiger partial charge in [0.25, 0.3) is 0 Å². The van der Waals surface area contributed by atoms with Crippen molar-refractivity contribution in [3.8, 4) is 0 Å². The third kappa shape index (κ3) is 3.74. The summed E-state index contributed by atoms with van der Waals surface area (Å²) < 4.78 is 0. The van der Waals surface area contributed by atoms with Gasteiger partial charge in [-0.3, -0.25) is 4.84 Å². The van der Waals surface area contributed by atoms with Gasteiger partial charge < -0.3 is 4.90 Å². The molecular formula is C14H22N2O2. The molecule has 0 aliphatic heterocycles. The van der Waals surface area contributed by atoms with Crippen LogP contribution >= 0.6 is 0 Å². The Labute approximate surface area is 109 Å². The van der Waals surface area contributed by atoms with Gasteiger partial charge in [0.15, 0.2) is 0 Å². The maximum atomic E-state index is 12.3. The highest BCUT2D eigenvalue weighted by atomic mass is 16.7. The molecule has 0 aliphatic rings. The number of hydrogen-bond acceptors (Lipinski definition) is 2. The lowest BCUT2D eigenvalue weighted by Gasteiger charge is -2.29. The average Bonchev–Trinajstić information content (AvgIpc) is 2.39. The minimum atomic E-state index is -0.148. The first-order chi connectivity index (χ1) is 8.57. The summed E-state index contributed by atoms with van der Waals surface area (Å²) in [6, 6.07) is 9.40. The second-order valence-corrected chi connectivity index (χ2v) is 4.45. The van der Waals surface area contributed by atoms with Gasteiger partial charge in [-0.15, -0.1) is 0 Å². The first-order valence-electron chi connectivity index (χ1n) is 6.32. The Morgan fingerprint density at radius 1 is 1.28 bits per heavy atom. The second-order valence-electron chi connectivity index (χ2n) is 4.45. The normalized spacial score (nSPS) is 10.5. The summed E-state index contributed by atoms with van der Waals surface area (Å²) >= 11 is 0. The fourth-order valence-electron chi connectivity index (χ4n) is 1.35. The largest absolute Gasteiger partial charge is 0.348 e. The summed E-state index contributed by atoms with van der Waals surface area (Å²) in [4.78, 5) is 19.5. The van der Waals surface area contributed by atoms with Crippen LogP contribution in [0.25, 0.3) is 0 Å². The van der Waals surface area contributed by atoms with E-state index in [1.165, 1.54) is 5.06 Å². The molecule has 1 aromatic rings. The average molecular weight is 250 g/mol. The monoisotopic (exact) mass is 250 g/mol. The molecule has 0 saturated heterocycles. The van der Waals surface area contributed by atoms with Crippen LogP contribution in [-0.4, -0.2) is 30.6 Å². The zero-order valence-corrected chi connectivity index (χ0v) is 11.6. The summed E-state index contributed by atoms with van der Waals surface area (Å²) in [5.74, 6) is 0. The lowest BCUT2D eigenvalue weighted by molar-refractivity contribution is 0.100. The fraction of sp³-hybridized carbons (Fsp3) is 0.500. The highest BCUT2D eigenvalue weighted by Crippen LogP contribution is 2.16. The van der Waals surface area contributed by atoms with Gasteiger partial charge in [-0.05, 0) is 32.4 Å². The Morgan fingerprint density at radius 2 is 1.89 bits per heavy atom. The van der Waals surface area contributed by atoms with E-state index in [1.807, 2.05) is 51.1 Å². The number of para-hydroxylation sites is 1. The van der Waals surface area contributed by atoms with Crippen molar-refractivity contribution in [2.75, 3.05) is 18.7 Å². The van der Waals surface area contributed by atoms with Gasteiger partial charge in [-0.25, -0.2) is 4.79 Å². The standard InChI is InChI=1S/C14H22N2O2/c1-5-11-18-16(13-9-7-6-8-10-13)14(17)15(4)12(2)3/h6-10,12H,5,11H2,1-4H3. The fourth-order valence-corrected chi connectivity index (χ4v) is 1.35. The third-order valence-corrected chi connectivity index (χ3v) is 2.67. The van der Waals surface area contributed by atoms with Crippen LogP contribution in [0.1, 0.15) is 27.2 Å². The molecule has 0 spiro atoms. The zero-order chi connectivity index (χ0) is 13.5. The molecule has 0 atom stereocenters. The molecule has 4 nitrogen and oxygen atoms in total. The molecule has 0 saturated carbocycles. The Morgan fingerprint density at radius 3 is 2.39 bits per heavy atom. The predicted molar refractivity (Wildman–Crippen MR) is 73.5 cm³/mol. The quantitative estimate of drug-likeness (QED) is 0.751. The third-order valence-electron chi connectivity index (χ3n) is 2.67. The summed E-state index contributed by atoms with van der Waals surface area (Å²) in [7, 11) is 1.78. The molecule has 0 N–H and O–H groups in total. The van der Waals surface area contributed by atoms with Crippen molar-refractivity contribution in [3.05, 3.63) is 30.3 Å². The van der Waals surface area contributed by atoms with E-state index in [1.54, 1.807) is 11.9 Å². The lowest BCUT2D eigenvalue weighted by atomic mass is 10.3. The summed E-state index contributed by atoms with van der Waals surface area (Å²) in [5, 5.41) is 1.36. The van der Waals surface area contributed by atoms with E-state index >= 15 is 0 Å². The van der Waals surface area contributed by atoms with Crippen LogP contribution in [0, 0.1) is 0 Å². The molecule has 100 valence electrons. The van der Waals surface area contributed by atoms with Crippen LogP contribution in [0.15, 0.2) is 30.3 Å². The van der Waals surface area contributed by atoms with E-state index in [9.17, 15) is 4.79 Å². The molecule has 0 heterocycles. The van der Waals surface area contributed by atoms with E-state index in [0.29, 0.717) is 6.61 Å². The minimum Gasteiger partial charge on any atom is -0.323 e. The van der Waals surface area contributed by atoms with Gasteiger partial charge >= 0.3 is 6.03 Å². The molecule has 0 fully saturated rings. The second kappa shape index (κ2) is 7.01. The van der Waals surface area contributed by atoms with Crippen molar-refractivity contribution >= 4 is 11.7 Å². The van der Waals surface area contributed by atoms with E-state index in [0.717, 1.165) is 12.1 Å². The highest BCUT2D eigenvalue weighted by Gasteiger charge is 2.22. The lowest BCUT2D eigenvalue weighted by Crippen LogP contribution is -2.44. The van der Waals surface area contributed by atoms with Crippen molar-refractivity contribution in [3.63, 3.8) is 0 Å². The minimum absolute atomic E-state index is 0.133. The topological polar surface area (TPSA) is 32.8 Å². The number of hydrogen-bond donors (Lipinski definition) is 0. The molecule has 0 radical (unpaired) electrons. The van der Waals surface area contributed by atoms with Crippen LogP contribution in [0.2, 0.25) is 0 Å². The van der Waals surface area contributed by atoms with Crippen LogP contribution < -0.4 is 5.06 Å². The molecule has 0 unspecified atom stereocenters. The molecule has 1 rings (SSSR count). The maximum absolute atomic E-state index is 12.3. The SMILES string of the molecule is CCCON(C(=O)N(C)C(C)C)c1ccccc1. The molecule has 18 heavy (non-hydrogen) atoms. The Bertz CT molecular complexity index is 365. The van der Waals surface area contributed by atoms with Crippen molar-refractivity contribution < 1.29 is 9.63 Å². The summed E-state index contributed by atoms with van der Waals surface area (Å²) in [6.45, 7) is 6.48. The van der Waals surface area contributed by atoms with Gasteiger partial charge in [0.05, 0.1) is 12.3 Å². The van der Waals surface area contributed by atoms with E-state index in [2.05, 4.69) is 0 Å². The molecule has 0 aromatic heterocycles. The van der Waals surface area contributed by atoms with Crippen molar-refractivity contribution in [1.82, 2.24) is 4.90 Å². The van der Waals surface area contributed by atoms with Gasteiger partial charge in [0.1, 0.15) is 0 Å². The van der Waals surface area contributed by atoms with E-state index < -0.39 is 0 Å². The number of rotatable bonds is 5. The van der Waals surface area contributed by atoms with Crippen LogP contribution in [0.4, 0.5) is 10.5 Å². The molecule has 1 aromatic carbocycles. The number of hydroxylamine groups is 1. The van der Waals surface area contributed by atoms with Crippen molar-refractivity contribution in [2.24, 2.45) is 0 Å². The maximum Gasteiger partial charge on any atom is 0.348 e. The molecular weight excluding hydrogens is 228 g/mol. The number of carbonyl (C=O) groups excluding carboxylic acids is 1. The number of urea groups is 1. The number of amides is 2. The number of nitrogens with zero attached hydrogens (tertiary/aromatic N) is 2. The van der Waals surface area contributed by atoms with Gasteiger partial charge in [0, 0.05) is 13.1 Å². The van der Waals surface area contributed by atoms with Gasteiger partial charge in [0.2, 0.25) is 0 Å². The summed E-state index contributed by atoms with van der Waals surface area (Å²) in [6.07, 6.45) is 0.863. The molecule has 0 aliphatic carbocycles. The van der Waals surface area contributed by atoms with Crippen LogP contribution in [0.5, 0.6) is 0 Å². The smallest absolute Gasteiger partial charge is 0.323 e. The van der Waals surface area contributed by atoms with E-state index in [4.69, 9.17) is 4.84 Å². The first-order valence-corrected chi connectivity index (χ1v) is 6.32. The van der Waals surface area contributed by atoms with Crippen molar-refractivity contribution in [2.45, 2.75) is 33.2 Å². The molecule has 0 bridgehead atoms. The number of benzene rings is 1. The summed E-state index contributed by atoms with van der Waals surface area (Å²) in [5.41, 5.74) is 0.753. The van der Waals surface area contributed by atoms with Crippen molar-refractivity contribution in [1.29, 1.82) is 0 Å². The molecule has 2 amide bonds. The van der Waals surface area contributed by atoms with Crippen LogP contribution in [0.3, 0.4) is 0 Å². The Balaban J connectivity index is 2.88. The number of anilines is 1. The van der Waals surface area contributed by atoms with Crippen LogP contribution in [-0.2, 0) is 4.84 Å². The highest BCUT2D eigenvalue weighted by molar-refractivity contribution is 5.89. The Hall–Kier alpha value is -1.55. The van der Waals surface area contributed by atoms with E-state index in [-0.39, 0.29) is 12.1 Å².